The van der Waals surface area contributed by atoms with Crippen LogP contribution in [0.2, 0.25) is 0 Å². The van der Waals surface area contributed by atoms with Crippen molar-refractivity contribution in [3.05, 3.63) is 63.7 Å². The summed E-state index contributed by atoms with van der Waals surface area (Å²) >= 11 is 0. The number of nitro benzene ring substituents is 1. The molecule has 0 heterocycles. The van der Waals surface area contributed by atoms with E-state index in [1.165, 1.54) is 12.1 Å². The Bertz CT molecular complexity index is 745. The molecule has 0 aliphatic carbocycles. The van der Waals surface area contributed by atoms with Crippen LogP contribution in [-0.4, -0.2) is 17.4 Å². The van der Waals surface area contributed by atoms with Crippen molar-refractivity contribution in [2.45, 2.75) is 6.92 Å². The van der Waals surface area contributed by atoms with E-state index in [0.717, 1.165) is 18.2 Å². The first-order valence-electron chi connectivity index (χ1n) is 6.50. The molecule has 6 nitrogen and oxygen atoms in total. The number of aryl methyl sites for hydroxylation is 1. The smallest absolute Gasteiger partial charge is 0.311 e. The molecule has 2 rings (SSSR count). The topological polar surface area (TPSA) is 81.5 Å². The zero-order chi connectivity index (χ0) is 17.0. The quantitative estimate of drug-likeness (QED) is 0.677. The van der Waals surface area contributed by atoms with Gasteiger partial charge in [-0.25, -0.2) is 8.78 Å². The minimum Gasteiger partial charge on any atom is -0.477 e. The van der Waals surface area contributed by atoms with Crippen LogP contribution in [0.5, 0.6) is 5.75 Å². The number of nitrogens with one attached hydrogen (secondary N) is 1. The third-order valence-corrected chi connectivity index (χ3v) is 2.90. The van der Waals surface area contributed by atoms with Crippen LogP contribution in [0.15, 0.2) is 36.4 Å². The van der Waals surface area contributed by atoms with E-state index in [9.17, 15) is 23.7 Å². The van der Waals surface area contributed by atoms with E-state index in [1.54, 1.807) is 13.0 Å². The number of nitro groups is 1. The average molecular weight is 322 g/mol. The van der Waals surface area contributed by atoms with Crippen molar-refractivity contribution < 1.29 is 23.2 Å². The molecule has 2 aromatic rings. The van der Waals surface area contributed by atoms with E-state index in [4.69, 9.17) is 4.74 Å². The number of hydrogen-bond acceptors (Lipinski definition) is 4. The van der Waals surface area contributed by atoms with E-state index in [2.05, 4.69) is 0 Å². The molecule has 0 saturated heterocycles. The Balaban J connectivity index is 2.07. The van der Waals surface area contributed by atoms with Crippen molar-refractivity contribution in [2.75, 3.05) is 11.9 Å². The molecule has 120 valence electrons. The van der Waals surface area contributed by atoms with Gasteiger partial charge in [-0.05, 0) is 30.7 Å². The number of amides is 1. The molecule has 0 unspecified atom stereocenters. The minimum absolute atomic E-state index is 0.107. The first kappa shape index (κ1) is 16.3. The molecule has 8 heteroatoms. The molecular weight excluding hydrogens is 310 g/mol. The Hall–Kier alpha value is -3.03. The standard InChI is InChI=1S/C15H12F2N2O4/c1-9-5-6-13(12(7-9)19(21)22)23-8-14(20)18-15-10(16)3-2-4-11(15)17/h2-7H,8H2,1H3,(H,18,20). The van der Waals surface area contributed by atoms with Gasteiger partial charge < -0.3 is 10.1 Å². The van der Waals surface area contributed by atoms with E-state index in [1.807, 2.05) is 5.32 Å². The summed E-state index contributed by atoms with van der Waals surface area (Å²) in [5, 5.41) is 12.9. The molecule has 0 aliphatic heterocycles. The number of anilines is 1. The monoisotopic (exact) mass is 322 g/mol. The van der Waals surface area contributed by atoms with Gasteiger partial charge in [0.2, 0.25) is 0 Å². The second kappa shape index (κ2) is 6.82. The summed E-state index contributed by atoms with van der Waals surface area (Å²) in [5.74, 6) is -2.81. The highest BCUT2D eigenvalue weighted by atomic mass is 19.1. The van der Waals surface area contributed by atoms with Crippen molar-refractivity contribution >= 4 is 17.3 Å². The predicted molar refractivity (Wildman–Crippen MR) is 78.3 cm³/mol. The van der Waals surface area contributed by atoms with Gasteiger partial charge in [0.05, 0.1) is 4.92 Å². The lowest BCUT2D eigenvalue weighted by Crippen LogP contribution is -2.21. The predicted octanol–water partition coefficient (Wildman–Crippen LogP) is 3.20. The number of halogens is 2. The van der Waals surface area contributed by atoms with Gasteiger partial charge in [0.15, 0.2) is 12.4 Å². The van der Waals surface area contributed by atoms with E-state index >= 15 is 0 Å². The fourth-order valence-electron chi connectivity index (χ4n) is 1.83. The van der Waals surface area contributed by atoms with Gasteiger partial charge in [0.25, 0.3) is 5.91 Å². The molecule has 23 heavy (non-hydrogen) atoms. The van der Waals surface area contributed by atoms with Crippen LogP contribution in [0, 0.1) is 28.7 Å². The molecule has 0 aliphatic rings. The van der Waals surface area contributed by atoms with Gasteiger partial charge in [-0.15, -0.1) is 0 Å². The summed E-state index contributed by atoms with van der Waals surface area (Å²) in [6, 6.07) is 7.37. The van der Waals surface area contributed by atoms with Gasteiger partial charge in [0.1, 0.15) is 17.3 Å². The molecule has 0 saturated carbocycles. The Morgan fingerprint density at radius 3 is 2.52 bits per heavy atom. The summed E-state index contributed by atoms with van der Waals surface area (Å²) in [6.45, 7) is 1.04. The Morgan fingerprint density at radius 2 is 1.91 bits per heavy atom. The second-order valence-corrected chi connectivity index (χ2v) is 4.66. The molecule has 0 radical (unpaired) electrons. The van der Waals surface area contributed by atoms with Crippen molar-refractivity contribution in [1.29, 1.82) is 0 Å². The summed E-state index contributed by atoms with van der Waals surface area (Å²) in [4.78, 5) is 22.0. The zero-order valence-electron chi connectivity index (χ0n) is 12.0. The molecule has 0 atom stereocenters. The van der Waals surface area contributed by atoms with Gasteiger partial charge in [-0.2, -0.15) is 0 Å². The van der Waals surface area contributed by atoms with Crippen LogP contribution in [0.3, 0.4) is 0 Å². The number of hydrogen-bond donors (Lipinski definition) is 1. The van der Waals surface area contributed by atoms with Crippen molar-refractivity contribution in [3.8, 4) is 5.75 Å². The van der Waals surface area contributed by atoms with Crippen molar-refractivity contribution in [3.63, 3.8) is 0 Å². The number of carbonyl (C=O) groups is 1. The maximum Gasteiger partial charge on any atom is 0.311 e. The lowest BCUT2D eigenvalue weighted by Gasteiger charge is -2.09. The maximum atomic E-state index is 13.4. The van der Waals surface area contributed by atoms with Crippen LogP contribution in [0.1, 0.15) is 5.56 Å². The molecule has 0 fully saturated rings. The van der Waals surface area contributed by atoms with Crippen LogP contribution in [0.4, 0.5) is 20.2 Å². The third-order valence-electron chi connectivity index (χ3n) is 2.90. The number of carbonyl (C=O) groups excluding carboxylic acids is 1. The number of benzene rings is 2. The summed E-state index contributed by atoms with van der Waals surface area (Å²) in [6.07, 6.45) is 0. The van der Waals surface area contributed by atoms with Gasteiger partial charge >= 0.3 is 5.69 Å². The van der Waals surface area contributed by atoms with Crippen LogP contribution in [-0.2, 0) is 4.79 Å². The van der Waals surface area contributed by atoms with Gasteiger partial charge in [-0.1, -0.05) is 12.1 Å². The zero-order valence-corrected chi connectivity index (χ0v) is 12.0. The SMILES string of the molecule is Cc1ccc(OCC(=O)Nc2c(F)cccc2F)c([N+](=O)[O-])c1. The highest BCUT2D eigenvalue weighted by Crippen LogP contribution is 2.27. The molecule has 0 aromatic heterocycles. The average Bonchev–Trinajstić information content (AvgIpc) is 2.49. The lowest BCUT2D eigenvalue weighted by molar-refractivity contribution is -0.385. The second-order valence-electron chi connectivity index (χ2n) is 4.66. The maximum absolute atomic E-state index is 13.4. The van der Waals surface area contributed by atoms with E-state index < -0.39 is 34.8 Å². The molecule has 1 amide bonds. The van der Waals surface area contributed by atoms with E-state index in [-0.39, 0.29) is 11.4 Å². The minimum atomic E-state index is -0.931. The first-order chi connectivity index (χ1) is 10.9. The number of rotatable bonds is 5. The van der Waals surface area contributed by atoms with Crippen LogP contribution in [0.25, 0.3) is 0 Å². The van der Waals surface area contributed by atoms with Crippen molar-refractivity contribution in [2.24, 2.45) is 0 Å². The number of ether oxygens (including phenoxy) is 1. The first-order valence-corrected chi connectivity index (χ1v) is 6.50. The van der Waals surface area contributed by atoms with Gasteiger partial charge in [0, 0.05) is 6.07 Å². The molecular formula is C15H12F2N2O4. The van der Waals surface area contributed by atoms with Crippen molar-refractivity contribution in [1.82, 2.24) is 0 Å². The molecule has 0 bridgehead atoms. The highest BCUT2D eigenvalue weighted by Gasteiger charge is 2.17. The fourth-order valence-corrected chi connectivity index (χ4v) is 1.83. The Kier molecular flexibility index (Phi) is 4.85. The molecule has 1 N–H and O–H groups in total. The summed E-state index contributed by atoms with van der Waals surface area (Å²) in [7, 11) is 0. The van der Waals surface area contributed by atoms with E-state index in [0.29, 0.717) is 5.56 Å². The Morgan fingerprint density at radius 1 is 1.26 bits per heavy atom. The molecule has 2 aromatic carbocycles. The fraction of sp³-hybridized carbons (Fsp3) is 0.133. The highest BCUT2D eigenvalue weighted by molar-refractivity contribution is 5.92. The summed E-state index contributed by atoms with van der Waals surface area (Å²) < 4.78 is 31.9. The molecule has 0 spiro atoms. The third kappa shape index (κ3) is 4.00. The summed E-state index contributed by atoms with van der Waals surface area (Å²) in [5.41, 5.74) is -0.240. The van der Waals surface area contributed by atoms with Gasteiger partial charge in [-0.3, -0.25) is 14.9 Å². The van der Waals surface area contributed by atoms with Crippen LogP contribution >= 0.6 is 0 Å². The normalized spacial score (nSPS) is 10.2. The largest absolute Gasteiger partial charge is 0.477 e. The van der Waals surface area contributed by atoms with Crippen LogP contribution < -0.4 is 10.1 Å². The number of nitrogens with zero attached hydrogens (tertiary/aromatic N) is 1. The lowest BCUT2D eigenvalue weighted by atomic mass is 10.2. The number of para-hydroxylation sites is 1. The Labute approximate surface area is 129 Å².